The Morgan fingerprint density at radius 1 is 0.800 bits per heavy atom. The first-order valence-corrected chi connectivity index (χ1v) is 15.1. The molecule has 0 aliphatic heterocycles. The van der Waals surface area contributed by atoms with Crippen molar-refractivity contribution in [1.82, 2.24) is 0 Å². The number of rotatable bonds is 19. The van der Waals surface area contributed by atoms with Crippen LogP contribution in [0.2, 0.25) is 5.02 Å². The number of hydrogen-bond donors (Lipinski definition) is 1. The largest absolute Gasteiger partial charge is 0.316 e. The van der Waals surface area contributed by atoms with Gasteiger partial charge in [-0.25, -0.2) is 0 Å². The van der Waals surface area contributed by atoms with Crippen LogP contribution in [0.4, 0.5) is 5.00 Å². The molecule has 0 aliphatic rings. The van der Waals surface area contributed by atoms with Crippen LogP contribution in [0.1, 0.15) is 118 Å². The molecule has 194 valence electrons. The SMILES string of the molecule is CCCCCCCCCCCCCCCCc1cc(C(=O)c2ccccc2Cl)c(NC(=O)CCl)s1. The number of ketones is 1. The molecule has 1 N–H and O–H groups in total. The number of unbranched alkanes of at least 4 members (excludes halogenated alkanes) is 13. The lowest BCUT2D eigenvalue weighted by atomic mass is 10.0. The third-order valence-corrected chi connectivity index (χ3v) is 7.98. The summed E-state index contributed by atoms with van der Waals surface area (Å²) in [6, 6.07) is 8.90. The van der Waals surface area contributed by atoms with Gasteiger partial charge in [0.2, 0.25) is 5.91 Å². The molecule has 1 aromatic heterocycles. The zero-order chi connectivity index (χ0) is 25.3. The number of benzene rings is 1. The number of carbonyl (C=O) groups is 2. The highest BCUT2D eigenvalue weighted by atomic mass is 35.5. The van der Waals surface area contributed by atoms with Crippen molar-refractivity contribution in [2.24, 2.45) is 0 Å². The molecule has 0 saturated carbocycles. The first-order chi connectivity index (χ1) is 17.1. The molecule has 1 aromatic carbocycles. The number of halogens is 2. The number of thiophene rings is 1. The fourth-order valence-electron chi connectivity index (χ4n) is 4.27. The summed E-state index contributed by atoms with van der Waals surface area (Å²) in [5.41, 5.74) is 0.929. The molecule has 0 bridgehead atoms. The van der Waals surface area contributed by atoms with Gasteiger partial charge in [0.05, 0.1) is 10.6 Å². The highest BCUT2D eigenvalue weighted by Crippen LogP contribution is 2.33. The standard InChI is InChI=1S/C29H41Cl2NO2S/c1-2-3-4-5-6-7-8-9-10-11-12-13-14-15-18-23-21-25(29(35-23)32-27(33)22-30)28(34)24-19-16-17-20-26(24)31/h16-17,19-21H,2-15,18,22H2,1H3,(H,32,33). The van der Waals surface area contributed by atoms with Gasteiger partial charge in [0.25, 0.3) is 0 Å². The molecule has 6 heteroatoms. The Balaban J connectivity index is 1.71. The van der Waals surface area contributed by atoms with Crippen LogP contribution in [0.5, 0.6) is 0 Å². The van der Waals surface area contributed by atoms with Gasteiger partial charge in [0, 0.05) is 10.4 Å². The van der Waals surface area contributed by atoms with E-state index >= 15 is 0 Å². The number of nitrogens with one attached hydrogen (secondary N) is 1. The molecular formula is C29H41Cl2NO2S. The lowest BCUT2D eigenvalue weighted by Gasteiger charge is -2.05. The number of alkyl halides is 1. The number of carbonyl (C=O) groups excluding carboxylic acids is 2. The van der Waals surface area contributed by atoms with Gasteiger partial charge in [0.15, 0.2) is 5.78 Å². The molecule has 3 nitrogen and oxygen atoms in total. The molecule has 0 unspecified atom stereocenters. The second kappa shape index (κ2) is 18.0. The Labute approximate surface area is 226 Å². The van der Waals surface area contributed by atoms with E-state index in [0.717, 1.165) is 17.7 Å². The second-order valence-corrected chi connectivity index (χ2v) is 11.1. The Hall–Kier alpha value is -1.36. The first-order valence-electron chi connectivity index (χ1n) is 13.3. The van der Waals surface area contributed by atoms with Crippen LogP contribution < -0.4 is 5.32 Å². The molecule has 0 saturated heterocycles. The van der Waals surface area contributed by atoms with Crippen molar-refractivity contribution in [2.45, 2.75) is 103 Å². The average Bonchev–Trinajstić information content (AvgIpc) is 3.26. The van der Waals surface area contributed by atoms with Crippen molar-refractivity contribution < 1.29 is 9.59 Å². The van der Waals surface area contributed by atoms with E-state index in [-0.39, 0.29) is 17.6 Å². The second-order valence-electron chi connectivity index (χ2n) is 9.29. The van der Waals surface area contributed by atoms with Crippen LogP contribution in [0.3, 0.4) is 0 Å². The van der Waals surface area contributed by atoms with Crippen LogP contribution in [0.25, 0.3) is 0 Å². The van der Waals surface area contributed by atoms with Crippen molar-refractivity contribution in [1.29, 1.82) is 0 Å². The number of aryl methyl sites for hydroxylation is 1. The average molecular weight is 539 g/mol. The van der Waals surface area contributed by atoms with Crippen molar-refractivity contribution >= 4 is 51.2 Å². The summed E-state index contributed by atoms with van der Waals surface area (Å²) in [5.74, 6) is -0.639. The fraction of sp³-hybridized carbons (Fsp3) is 0.586. The number of amides is 1. The summed E-state index contributed by atoms with van der Waals surface area (Å²) in [6.45, 7) is 2.27. The van der Waals surface area contributed by atoms with Gasteiger partial charge in [-0.1, -0.05) is 114 Å². The van der Waals surface area contributed by atoms with E-state index in [1.807, 2.05) is 6.07 Å². The molecule has 2 rings (SSSR count). The van der Waals surface area contributed by atoms with Crippen LogP contribution in [0, 0.1) is 0 Å². The van der Waals surface area contributed by atoms with Crippen LogP contribution in [-0.4, -0.2) is 17.6 Å². The van der Waals surface area contributed by atoms with E-state index < -0.39 is 0 Å². The lowest BCUT2D eigenvalue weighted by molar-refractivity contribution is -0.113. The summed E-state index contributed by atoms with van der Waals surface area (Å²) in [4.78, 5) is 26.1. The van der Waals surface area contributed by atoms with Gasteiger partial charge < -0.3 is 5.32 Å². The molecule has 0 atom stereocenters. The summed E-state index contributed by atoms with van der Waals surface area (Å²) in [7, 11) is 0. The van der Waals surface area contributed by atoms with Crippen molar-refractivity contribution in [2.75, 3.05) is 11.2 Å². The molecule has 1 heterocycles. The predicted molar refractivity (Wildman–Crippen MR) is 153 cm³/mol. The normalized spacial score (nSPS) is 11.1. The van der Waals surface area contributed by atoms with Crippen LogP contribution >= 0.6 is 34.5 Å². The molecule has 0 fully saturated rings. The lowest BCUT2D eigenvalue weighted by Crippen LogP contribution is -2.14. The third kappa shape index (κ3) is 11.5. The van der Waals surface area contributed by atoms with Gasteiger partial charge in [-0.2, -0.15) is 0 Å². The van der Waals surface area contributed by atoms with E-state index in [1.54, 1.807) is 24.3 Å². The van der Waals surface area contributed by atoms with E-state index in [1.165, 1.54) is 94.8 Å². The summed E-state index contributed by atoms with van der Waals surface area (Å²) >= 11 is 13.4. The molecule has 1 amide bonds. The fourth-order valence-corrected chi connectivity index (χ4v) is 5.67. The number of anilines is 1. The van der Waals surface area contributed by atoms with E-state index in [4.69, 9.17) is 23.2 Å². The summed E-state index contributed by atoms with van der Waals surface area (Å²) in [6.07, 6.45) is 19.5. The summed E-state index contributed by atoms with van der Waals surface area (Å²) in [5, 5.41) is 3.75. The van der Waals surface area contributed by atoms with Crippen molar-refractivity contribution in [3.63, 3.8) is 0 Å². The number of hydrogen-bond acceptors (Lipinski definition) is 3. The minimum absolute atomic E-state index is 0.147. The first kappa shape index (κ1) is 29.9. The topological polar surface area (TPSA) is 46.2 Å². The monoisotopic (exact) mass is 537 g/mol. The van der Waals surface area contributed by atoms with Gasteiger partial charge >= 0.3 is 0 Å². The highest BCUT2D eigenvalue weighted by molar-refractivity contribution is 7.16. The molecular weight excluding hydrogens is 497 g/mol. The molecule has 2 aromatic rings. The molecule has 0 spiro atoms. The van der Waals surface area contributed by atoms with E-state index in [9.17, 15) is 9.59 Å². The predicted octanol–water partition coefficient (Wildman–Crippen LogP) is 9.83. The molecule has 0 radical (unpaired) electrons. The van der Waals surface area contributed by atoms with Gasteiger partial charge in [0.1, 0.15) is 10.9 Å². The maximum Gasteiger partial charge on any atom is 0.239 e. The Kier molecular flexibility index (Phi) is 15.3. The minimum Gasteiger partial charge on any atom is -0.316 e. The van der Waals surface area contributed by atoms with Crippen molar-refractivity contribution in [3.8, 4) is 0 Å². The Morgan fingerprint density at radius 2 is 1.34 bits per heavy atom. The highest BCUT2D eigenvalue weighted by Gasteiger charge is 2.20. The van der Waals surface area contributed by atoms with E-state index in [2.05, 4.69) is 12.2 Å². The minimum atomic E-state index is -0.315. The van der Waals surface area contributed by atoms with Gasteiger partial charge in [-0.15, -0.1) is 22.9 Å². The van der Waals surface area contributed by atoms with E-state index in [0.29, 0.717) is 21.2 Å². The summed E-state index contributed by atoms with van der Waals surface area (Å²) < 4.78 is 0. The van der Waals surface area contributed by atoms with Crippen LogP contribution in [0.15, 0.2) is 30.3 Å². The van der Waals surface area contributed by atoms with Crippen molar-refractivity contribution in [3.05, 3.63) is 51.4 Å². The zero-order valence-corrected chi connectivity index (χ0v) is 23.5. The third-order valence-electron chi connectivity index (χ3n) is 6.30. The van der Waals surface area contributed by atoms with Gasteiger partial charge in [-0.3, -0.25) is 9.59 Å². The molecule has 35 heavy (non-hydrogen) atoms. The smallest absolute Gasteiger partial charge is 0.239 e. The quantitative estimate of drug-likeness (QED) is 0.110. The molecule has 0 aliphatic carbocycles. The Morgan fingerprint density at radius 3 is 1.89 bits per heavy atom. The van der Waals surface area contributed by atoms with Crippen LogP contribution in [-0.2, 0) is 11.2 Å². The maximum absolute atomic E-state index is 13.1. The van der Waals surface area contributed by atoms with Gasteiger partial charge in [-0.05, 0) is 31.0 Å². The zero-order valence-electron chi connectivity index (χ0n) is 21.2. The maximum atomic E-state index is 13.1. The Bertz CT molecular complexity index is 897.